The third-order valence-corrected chi connectivity index (χ3v) is 5.03. The van der Waals surface area contributed by atoms with Gasteiger partial charge in [0.05, 0.1) is 10.0 Å². The van der Waals surface area contributed by atoms with Gasteiger partial charge < -0.3 is 15.2 Å². The molecule has 0 amide bonds. The molecule has 0 atom stereocenters. The maximum absolute atomic E-state index is 9.65. The third kappa shape index (κ3) is 5.14. The lowest BCUT2D eigenvalue weighted by molar-refractivity contribution is 0.303. The summed E-state index contributed by atoms with van der Waals surface area (Å²) in [6.45, 7) is 0.811. The Morgan fingerprint density at radius 2 is 1.52 bits per heavy atom. The molecule has 0 fully saturated rings. The summed E-state index contributed by atoms with van der Waals surface area (Å²) in [7, 11) is 0. The van der Waals surface area contributed by atoms with Gasteiger partial charge in [-0.1, -0.05) is 70.7 Å². The highest BCUT2D eigenvalue weighted by Gasteiger charge is 2.09. The second-order valence-electron chi connectivity index (χ2n) is 5.77. The molecule has 3 aromatic carbocycles. The van der Waals surface area contributed by atoms with E-state index in [1.807, 2.05) is 30.3 Å². The molecule has 7 heteroatoms. The summed E-state index contributed by atoms with van der Waals surface area (Å²) in [5, 5.41) is 14.4. The van der Waals surface area contributed by atoms with Crippen molar-refractivity contribution >= 4 is 52.1 Å². The Balaban J connectivity index is 1.70. The summed E-state index contributed by atoms with van der Waals surface area (Å²) in [6.07, 6.45) is 0. The van der Waals surface area contributed by atoms with Crippen molar-refractivity contribution in [1.82, 2.24) is 0 Å². The fraction of sp³-hybridized carbons (Fsp3) is 0.100. The smallest absolute Gasteiger partial charge is 0.152 e. The fourth-order valence-corrected chi connectivity index (χ4v) is 3.40. The minimum absolute atomic E-state index is 0.132. The van der Waals surface area contributed by atoms with Crippen LogP contribution in [0.15, 0.2) is 54.6 Å². The van der Waals surface area contributed by atoms with Crippen LogP contribution in [0.3, 0.4) is 0 Å². The topological polar surface area (TPSA) is 41.5 Å². The first kappa shape index (κ1) is 20.0. The van der Waals surface area contributed by atoms with E-state index in [0.29, 0.717) is 28.9 Å². The number of rotatable bonds is 6. The van der Waals surface area contributed by atoms with E-state index >= 15 is 0 Å². The Morgan fingerprint density at radius 3 is 2.22 bits per heavy atom. The quantitative estimate of drug-likeness (QED) is 0.396. The third-order valence-electron chi connectivity index (χ3n) is 3.87. The molecule has 0 spiro atoms. The van der Waals surface area contributed by atoms with Crippen molar-refractivity contribution in [1.29, 1.82) is 0 Å². The highest BCUT2D eigenvalue weighted by Crippen LogP contribution is 2.35. The molecule has 0 radical (unpaired) electrons. The largest absolute Gasteiger partial charge is 0.505 e. The number of phenols is 1. The minimum atomic E-state index is -0.132. The van der Waals surface area contributed by atoms with Gasteiger partial charge in [-0.05, 0) is 30.3 Å². The van der Waals surface area contributed by atoms with Crippen LogP contribution in [-0.2, 0) is 13.2 Å². The first-order valence-electron chi connectivity index (χ1n) is 8.00. The van der Waals surface area contributed by atoms with Gasteiger partial charge in [0.15, 0.2) is 5.75 Å². The summed E-state index contributed by atoms with van der Waals surface area (Å²) >= 11 is 24.0. The average molecular weight is 443 g/mol. The van der Waals surface area contributed by atoms with Gasteiger partial charge in [0.25, 0.3) is 0 Å². The number of anilines is 1. The monoisotopic (exact) mass is 441 g/mol. The molecule has 0 saturated carbocycles. The minimum Gasteiger partial charge on any atom is -0.505 e. The normalized spacial score (nSPS) is 10.7. The number of ether oxygens (including phenoxy) is 1. The number of nitrogens with one attached hydrogen (secondary N) is 1. The van der Waals surface area contributed by atoms with Crippen LogP contribution in [0.2, 0.25) is 20.1 Å². The van der Waals surface area contributed by atoms with Crippen LogP contribution in [0.25, 0.3) is 0 Å². The summed E-state index contributed by atoms with van der Waals surface area (Å²) < 4.78 is 5.94. The van der Waals surface area contributed by atoms with Crippen LogP contribution in [0.5, 0.6) is 11.5 Å². The lowest BCUT2D eigenvalue weighted by atomic mass is 10.2. The molecule has 0 aliphatic rings. The summed E-state index contributed by atoms with van der Waals surface area (Å²) in [5.41, 5.74) is 2.49. The second kappa shape index (κ2) is 8.94. The van der Waals surface area contributed by atoms with Crippen LogP contribution in [0.1, 0.15) is 11.1 Å². The average Bonchev–Trinajstić information content (AvgIpc) is 2.64. The number of phenolic OH excluding ortho intramolecular Hbond substituents is 1. The van der Waals surface area contributed by atoms with Gasteiger partial charge >= 0.3 is 0 Å². The molecule has 3 nitrogen and oxygen atoms in total. The molecule has 0 aliphatic carbocycles. The van der Waals surface area contributed by atoms with Crippen molar-refractivity contribution in [2.24, 2.45) is 0 Å². The first-order valence-corrected chi connectivity index (χ1v) is 9.51. The van der Waals surface area contributed by atoms with Gasteiger partial charge in [0.1, 0.15) is 12.4 Å². The van der Waals surface area contributed by atoms with Crippen LogP contribution in [0, 0.1) is 0 Å². The number of hydrogen-bond acceptors (Lipinski definition) is 3. The predicted octanol–water partition coefficient (Wildman–Crippen LogP) is 7.20. The molecule has 27 heavy (non-hydrogen) atoms. The molecule has 3 rings (SSSR count). The zero-order chi connectivity index (χ0) is 19.4. The maximum atomic E-state index is 9.65. The van der Waals surface area contributed by atoms with E-state index in [4.69, 9.17) is 51.1 Å². The highest BCUT2D eigenvalue weighted by atomic mass is 35.5. The number of halogens is 4. The van der Waals surface area contributed by atoms with E-state index < -0.39 is 0 Å². The van der Waals surface area contributed by atoms with Crippen molar-refractivity contribution in [3.63, 3.8) is 0 Å². The van der Waals surface area contributed by atoms with Crippen molar-refractivity contribution in [2.45, 2.75) is 13.2 Å². The molecule has 0 heterocycles. The van der Waals surface area contributed by atoms with Gasteiger partial charge in [0, 0.05) is 33.4 Å². The zero-order valence-corrected chi connectivity index (χ0v) is 17.0. The predicted molar refractivity (Wildman–Crippen MR) is 113 cm³/mol. The molecular formula is C20H15Cl4NO2. The zero-order valence-electron chi connectivity index (χ0n) is 14.0. The summed E-state index contributed by atoms with van der Waals surface area (Å²) in [6, 6.07) is 16.2. The van der Waals surface area contributed by atoms with E-state index in [1.165, 1.54) is 0 Å². The summed E-state index contributed by atoms with van der Waals surface area (Å²) in [4.78, 5) is 0. The van der Waals surface area contributed by atoms with E-state index in [-0.39, 0.29) is 15.8 Å². The van der Waals surface area contributed by atoms with E-state index in [1.54, 1.807) is 24.3 Å². The second-order valence-corrected chi connectivity index (χ2v) is 7.43. The Morgan fingerprint density at radius 1 is 0.815 bits per heavy atom. The van der Waals surface area contributed by atoms with Crippen molar-refractivity contribution in [3.8, 4) is 11.5 Å². The molecular weight excluding hydrogens is 428 g/mol. The van der Waals surface area contributed by atoms with Gasteiger partial charge in [-0.3, -0.25) is 0 Å². The Hall–Kier alpha value is -1.78. The lowest BCUT2D eigenvalue weighted by Gasteiger charge is -2.14. The molecule has 3 aromatic rings. The van der Waals surface area contributed by atoms with Crippen molar-refractivity contribution in [2.75, 3.05) is 5.32 Å². The van der Waals surface area contributed by atoms with Gasteiger partial charge in [-0.15, -0.1) is 0 Å². The number of aromatic hydroxyl groups is 1. The van der Waals surface area contributed by atoms with Gasteiger partial charge in [0.2, 0.25) is 0 Å². The van der Waals surface area contributed by atoms with Crippen molar-refractivity contribution < 1.29 is 9.84 Å². The van der Waals surface area contributed by atoms with Crippen LogP contribution < -0.4 is 10.1 Å². The molecule has 0 bridgehead atoms. The molecule has 0 unspecified atom stereocenters. The van der Waals surface area contributed by atoms with E-state index in [2.05, 4.69) is 5.32 Å². The van der Waals surface area contributed by atoms with Crippen LogP contribution in [0.4, 0.5) is 5.69 Å². The molecule has 140 valence electrons. The Bertz CT molecular complexity index is 939. The first-order chi connectivity index (χ1) is 12.9. The summed E-state index contributed by atoms with van der Waals surface area (Å²) in [5.74, 6) is 0.597. The van der Waals surface area contributed by atoms with Crippen molar-refractivity contribution in [3.05, 3.63) is 85.8 Å². The Labute approximate surface area is 177 Å². The standard InChI is InChI=1S/C20H15Cl4NO2/c21-14-6-5-13(16(22)7-14)11-27-19-4-2-1-3-12(19)10-25-15-8-17(23)20(26)18(24)9-15/h1-9,25-26H,10-11H2. The van der Waals surface area contributed by atoms with Gasteiger partial charge in [-0.2, -0.15) is 0 Å². The Kier molecular flexibility index (Phi) is 6.61. The molecule has 2 N–H and O–H groups in total. The highest BCUT2D eigenvalue weighted by molar-refractivity contribution is 6.37. The number of para-hydroxylation sites is 1. The van der Waals surface area contributed by atoms with Gasteiger partial charge in [-0.25, -0.2) is 0 Å². The van der Waals surface area contributed by atoms with E-state index in [0.717, 1.165) is 16.9 Å². The SMILES string of the molecule is Oc1c(Cl)cc(NCc2ccccc2OCc2ccc(Cl)cc2Cl)cc1Cl. The van der Waals surface area contributed by atoms with Crippen LogP contribution in [-0.4, -0.2) is 5.11 Å². The maximum Gasteiger partial charge on any atom is 0.152 e. The molecule has 0 saturated heterocycles. The molecule has 0 aliphatic heterocycles. The fourth-order valence-electron chi connectivity index (χ4n) is 2.45. The van der Waals surface area contributed by atoms with E-state index in [9.17, 15) is 5.11 Å². The number of hydrogen-bond donors (Lipinski definition) is 2. The number of benzene rings is 3. The van der Waals surface area contributed by atoms with Crippen LogP contribution >= 0.6 is 46.4 Å². The lowest BCUT2D eigenvalue weighted by Crippen LogP contribution is -2.04. The molecule has 0 aromatic heterocycles.